The number of nitrogens with zero attached hydrogens (tertiary/aromatic N) is 3. The number of aromatic nitrogens is 2. The summed E-state index contributed by atoms with van der Waals surface area (Å²) in [6.07, 6.45) is 6.70. The van der Waals surface area contributed by atoms with Crippen LogP contribution in [0.2, 0.25) is 0 Å². The van der Waals surface area contributed by atoms with Gasteiger partial charge in [-0.2, -0.15) is 0 Å². The summed E-state index contributed by atoms with van der Waals surface area (Å²) < 4.78 is 0. The van der Waals surface area contributed by atoms with Crippen molar-refractivity contribution in [2.45, 2.75) is 46.5 Å². The molecule has 1 aliphatic heterocycles. The molecule has 1 fully saturated rings. The summed E-state index contributed by atoms with van der Waals surface area (Å²) in [6, 6.07) is 0. The highest BCUT2D eigenvalue weighted by atomic mass is 15.2. The van der Waals surface area contributed by atoms with Gasteiger partial charge in [0.1, 0.15) is 18.0 Å². The predicted octanol–water partition coefficient (Wildman–Crippen LogP) is 3.23. The lowest BCUT2D eigenvalue weighted by Crippen LogP contribution is -2.36. The molecule has 1 saturated heterocycles. The van der Waals surface area contributed by atoms with Gasteiger partial charge in [-0.1, -0.05) is 20.3 Å². The molecule has 1 atom stereocenters. The zero-order valence-corrected chi connectivity index (χ0v) is 12.4. The molecule has 4 nitrogen and oxygen atoms in total. The summed E-state index contributed by atoms with van der Waals surface area (Å²) in [4.78, 5) is 11.3. The summed E-state index contributed by atoms with van der Waals surface area (Å²) in [5.74, 6) is 2.92. The zero-order valence-electron chi connectivity index (χ0n) is 12.4. The van der Waals surface area contributed by atoms with Crippen LogP contribution < -0.4 is 10.2 Å². The molecule has 0 aromatic carbocycles. The minimum atomic E-state index is 0.815. The van der Waals surface area contributed by atoms with Gasteiger partial charge in [0.05, 0.1) is 0 Å². The van der Waals surface area contributed by atoms with E-state index >= 15 is 0 Å². The number of piperidine rings is 1. The van der Waals surface area contributed by atoms with Crippen molar-refractivity contribution in [2.24, 2.45) is 5.92 Å². The molecule has 1 N–H and O–H groups in total. The van der Waals surface area contributed by atoms with Crippen LogP contribution in [0.1, 0.15) is 45.1 Å². The van der Waals surface area contributed by atoms with Crippen LogP contribution in [0.4, 0.5) is 11.6 Å². The van der Waals surface area contributed by atoms with Crippen LogP contribution in [0, 0.1) is 12.8 Å². The van der Waals surface area contributed by atoms with Gasteiger partial charge in [-0.15, -0.1) is 0 Å². The van der Waals surface area contributed by atoms with E-state index in [2.05, 4.69) is 41.0 Å². The molecule has 106 valence electrons. The van der Waals surface area contributed by atoms with E-state index < -0.39 is 0 Å². The minimum Gasteiger partial charge on any atom is -0.370 e. The molecule has 1 aromatic heterocycles. The topological polar surface area (TPSA) is 41.1 Å². The molecule has 1 aliphatic rings. The van der Waals surface area contributed by atoms with Gasteiger partial charge in [0.25, 0.3) is 0 Å². The van der Waals surface area contributed by atoms with Crippen molar-refractivity contribution < 1.29 is 0 Å². The van der Waals surface area contributed by atoms with E-state index in [4.69, 9.17) is 0 Å². The maximum Gasteiger partial charge on any atom is 0.137 e. The Hall–Kier alpha value is -1.32. The molecule has 1 unspecified atom stereocenters. The summed E-state index contributed by atoms with van der Waals surface area (Å²) in [5, 5.41) is 3.39. The Morgan fingerprint density at radius 2 is 2.21 bits per heavy atom. The molecular formula is C15H26N4. The number of hydrogen-bond acceptors (Lipinski definition) is 4. The lowest BCUT2D eigenvalue weighted by atomic mass is 9.95. The normalized spacial score (nSPS) is 19.5. The molecule has 2 rings (SSSR count). The molecule has 0 radical (unpaired) electrons. The molecule has 0 bridgehead atoms. The first kappa shape index (κ1) is 14.1. The average Bonchev–Trinajstić information content (AvgIpc) is 2.46. The molecule has 0 saturated carbocycles. The minimum absolute atomic E-state index is 0.815. The van der Waals surface area contributed by atoms with E-state index in [9.17, 15) is 0 Å². The molecule has 2 heterocycles. The van der Waals surface area contributed by atoms with Gasteiger partial charge < -0.3 is 10.2 Å². The molecule has 1 aromatic rings. The van der Waals surface area contributed by atoms with Crippen molar-refractivity contribution in [2.75, 3.05) is 29.9 Å². The molecule has 19 heavy (non-hydrogen) atoms. The monoisotopic (exact) mass is 262 g/mol. The quantitative estimate of drug-likeness (QED) is 0.884. The van der Waals surface area contributed by atoms with Crippen LogP contribution >= 0.6 is 0 Å². The van der Waals surface area contributed by atoms with Crippen LogP contribution in [0.3, 0.4) is 0 Å². The van der Waals surface area contributed by atoms with Gasteiger partial charge in [0.2, 0.25) is 0 Å². The van der Waals surface area contributed by atoms with Crippen LogP contribution in [-0.4, -0.2) is 29.6 Å². The second-order valence-electron chi connectivity index (χ2n) is 5.46. The van der Waals surface area contributed by atoms with Crippen molar-refractivity contribution in [3.05, 3.63) is 11.9 Å². The number of nitrogens with one attached hydrogen (secondary N) is 1. The van der Waals surface area contributed by atoms with Crippen LogP contribution in [0.5, 0.6) is 0 Å². The number of rotatable bonds is 5. The Morgan fingerprint density at radius 1 is 1.37 bits per heavy atom. The molecule has 0 spiro atoms. The van der Waals surface area contributed by atoms with Crippen molar-refractivity contribution in [3.8, 4) is 0 Å². The summed E-state index contributed by atoms with van der Waals surface area (Å²) in [5.41, 5.74) is 1.19. The molecular weight excluding hydrogens is 236 g/mol. The fraction of sp³-hybridized carbons (Fsp3) is 0.733. The van der Waals surface area contributed by atoms with Crippen molar-refractivity contribution in [1.29, 1.82) is 0 Å². The highest BCUT2D eigenvalue weighted by Gasteiger charge is 2.21. The summed E-state index contributed by atoms with van der Waals surface area (Å²) >= 11 is 0. The van der Waals surface area contributed by atoms with E-state index in [1.807, 2.05) is 0 Å². The zero-order chi connectivity index (χ0) is 13.7. The fourth-order valence-corrected chi connectivity index (χ4v) is 2.77. The van der Waals surface area contributed by atoms with E-state index in [1.54, 1.807) is 6.33 Å². The first-order valence-corrected chi connectivity index (χ1v) is 7.56. The third-order valence-corrected chi connectivity index (χ3v) is 4.00. The Labute approximate surface area is 116 Å². The number of anilines is 2. The van der Waals surface area contributed by atoms with Gasteiger partial charge in [-0.25, -0.2) is 9.97 Å². The van der Waals surface area contributed by atoms with E-state index in [-0.39, 0.29) is 0 Å². The lowest BCUT2D eigenvalue weighted by Gasteiger charge is -2.34. The smallest absolute Gasteiger partial charge is 0.137 e. The molecule has 0 aliphatic carbocycles. The van der Waals surface area contributed by atoms with Crippen molar-refractivity contribution in [1.82, 2.24) is 9.97 Å². The highest BCUT2D eigenvalue weighted by molar-refractivity contribution is 5.58. The SMILES string of the molecule is CCCNc1ncnc(N2CCCC(CC)C2)c1C. The summed E-state index contributed by atoms with van der Waals surface area (Å²) in [7, 11) is 0. The van der Waals surface area contributed by atoms with Crippen LogP contribution in [0.15, 0.2) is 6.33 Å². The van der Waals surface area contributed by atoms with Gasteiger partial charge in [-0.3, -0.25) is 0 Å². The van der Waals surface area contributed by atoms with Gasteiger partial charge in [-0.05, 0) is 32.1 Å². The van der Waals surface area contributed by atoms with Crippen molar-refractivity contribution >= 4 is 11.6 Å². The summed E-state index contributed by atoms with van der Waals surface area (Å²) in [6.45, 7) is 9.82. The standard InChI is InChI=1S/C15H26N4/c1-4-8-16-14-12(3)15(18-11-17-14)19-9-6-7-13(5-2)10-19/h11,13H,4-10H2,1-3H3,(H,16,17,18). The Kier molecular flexibility index (Phi) is 5.00. The van der Waals surface area contributed by atoms with Crippen LogP contribution in [0.25, 0.3) is 0 Å². The second-order valence-corrected chi connectivity index (χ2v) is 5.46. The van der Waals surface area contributed by atoms with Crippen molar-refractivity contribution in [3.63, 3.8) is 0 Å². The fourth-order valence-electron chi connectivity index (χ4n) is 2.77. The largest absolute Gasteiger partial charge is 0.370 e. The Morgan fingerprint density at radius 3 is 2.95 bits per heavy atom. The maximum absolute atomic E-state index is 4.51. The van der Waals surface area contributed by atoms with E-state index in [1.165, 1.54) is 24.8 Å². The molecule has 0 amide bonds. The van der Waals surface area contributed by atoms with Crippen LogP contribution in [-0.2, 0) is 0 Å². The van der Waals surface area contributed by atoms with Gasteiger partial charge in [0.15, 0.2) is 0 Å². The first-order chi connectivity index (χ1) is 9.26. The maximum atomic E-state index is 4.51. The second kappa shape index (κ2) is 6.73. The molecule has 4 heteroatoms. The van der Waals surface area contributed by atoms with E-state index in [0.29, 0.717) is 0 Å². The Balaban J connectivity index is 2.14. The third kappa shape index (κ3) is 3.37. The Bertz CT molecular complexity index is 405. The third-order valence-electron chi connectivity index (χ3n) is 4.00. The van der Waals surface area contributed by atoms with Gasteiger partial charge in [0, 0.05) is 25.2 Å². The number of hydrogen-bond donors (Lipinski definition) is 1. The predicted molar refractivity (Wildman–Crippen MR) is 80.8 cm³/mol. The van der Waals surface area contributed by atoms with E-state index in [0.717, 1.165) is 43.6 Å². The first-order valence-electron chi connectivity index (χ1n) is 7.56. The van der Waals surface area contributed by atoms with Gasteiger partial charge >= 0.3 is 0 Å². The average molecular weight is 262 g/mol. The lowest BCUT2D eigenvalue weighted by molar-refractivity contribution is 0.402. The highest BCUT2D eigenvalue weighted by Crippen LogP contribution is 2.27.